The molecular weight excluding hydrogens is 332 g/mol. The van der Waals surface area contributed by atoms with Crippen LogP contribution in [0.1, 0.15) is 17.0 Å². The van der Waals surface area contributed by atoms with Crippen molar-refractivity contribution in [3.05, 3.63) is 40.9 Å². The minimum Gasteiger partial charge on any atom is -0.360 e. The van der Waals surface area contributed by atoms with Gasteiger partial charge < -0.3 is 5.32 Å². The van der Waals surface area contributed by atoms with Gasteiger partial charge in [-0.3, -0.25) is 0 Å². The van der Waals surface area contributed by atoms with Crippen LogP contribution in [0.15, 0.2) is 30.3 Å². The minimum absolute atomic E-state index is 0.325. The molecule has 1 aliphatic heterocycles. The van der Waals surface area contributed by atoms with Crippen LogP contribution in [-0.2, 0) is 16.4 Å². The highest BCUT2D eigenvalue weighted by Gasteiger charge is 2.28. The Bertz CT molecular complexity index is 746. The Kier molecular flexibility index (Phi) is 4.93. The lowest BCUT2D eigenvalue weighted by molar-refractivity contribution is 0.466. The summed E-state index contributed by atoms with van der Waals surface area (Å²) in [7, 11) is -3.07. The molecule has 0 bridgehead atoms. The van der Waals surface area contributed by atoms with E-state index in [1.165, 1.54) is 11.8 Å². The molecule has 23 heavy (non-hydrogen) atoms. The second-order valence-corrected chi connectivity index (χ2v) is 8.86. The number of nitrogens with zero attached hydrogens (tertiary/aromatic N) is 3. The highest BCUT2D eigenvalue weighted by atomic mass is 32.2. The van der Waals surface area contributed by atoms with Crippen LogP contribution in [0.5, 0.6) is 0 Å². The van der Waals surface area contributed by atoms with Crippen LogP contribution in [0.4, 0.5) is 5.13 Å². The smallest absolute Gasteiger partial charge is 0.211 e. The standard InChI is InChI=1S/C15H20N4O2S2/c1-23(20,21)19-8-7-13(11-19)10-16-15-18-17-14(22-15)9-12-5-3-2-4-6-12/h2-6,13H,7-11H2,1H3,(H,16,18). The lowest BCUT2D eigenvalue weighted by atomic mass is 10.1. The lowest BCUT2D eigenvalue weighted by Gasteiger charge is -2.13. The molecule has 0 aliphatic carbocycles. The predicted octanol–water partition coefficient (Wildman–Crippen LogP) is 1.82. The number of aromatic nitrogens is 2. The maximum Gasteiger partial charge on any atom is 0.211 e. The van der Waals surface area contributed by atoms with Crippen molar-refractivity contribution in [3.63, 3.8) is 0 Å². The fraction of sp³-hybridized carbons (Fsp3) is 0.467. The van der Waals surface area contributed by atoms with Crippen molar-refractivity contribution in [2.45, 2.75) is 12.8 Å². The normalized spacial score (nSPS) is 19.1. The first-order chi connectivity index (χ1) is 11.0. The molecule has 0 amide bonds. The number of nitrogens with one attached hydrogen (secondary N) is 1. The summed E-state index contributed by atoms with van der Waals surface area (Å²) in [5.74, 6) is 0.325. The van der Waals surface area contributed by atoms with E-state index in [1.54, 1.807) is 15.6 Å². The van der Waals surface area contributed by atoms with Crippen LogP contribution in [0.3, 0.4) is 0 Å². The molecule has 1 N–H and O–H groups in total. The van der Waals surface area contributed by atoms with Crippen molar-refractivity contribution >= 4 is 26.5 Å². The van der Waals surface area contributed by atoms with Gasteiger partial charge in [-0.1, -0.05) is 41.7 Å². The van der Waals surface area contributed by atoms with Crippen molar-refractivity contribution < 1.29 is 8.42 Å². The molecule has 1 aromatic heterocycles. The molecule has 0 saturated carbocycles. The number of benzene rings is 1. The van der Waals surface area contributed by atoms with Crippen LogP contribution in [0, 0.1) is 5.92 Å². The summed E-state index contributed by atoms with van der Waals surface area (Å²) in [5, 5.41) is 13.4. The molecule has 1 saturated heterocycles. The number of hydrogen-bond donors (Lipinski definition) is 1. The average Bonchev–Trinajstić information content (AvgIpc) is 3.15. The van der Waals surface area contributed by atoms with E-state index in [4.69, 9.17) is 0 Å². The Morgan fingerprint density at radius 3 is 2.78 bits per heavy atom. The molecule has 2 aromatic rings. The first kappa shape index (κ1) is 16.4. The van der Waals surface area contributed by atoms with Gasteiger partial charge in [0.25, 0.3) is 0 Å². The van der Waals surface area contributed by atoms with Crippen molar-refractivity contribution in [2.24, 2.45) is 5.92 Å². The summed E-state index contributed by atoms with van der Waals surface area (Å²) in [6.07, 6.45) is 2.94. The molecule has 124 valence electrons. The summed E-state index contributed by atoms with van der Waals surface area (Å²) in [6.45, 7) is 1.92. The van der Waals surface area contributed by atoms with Crippen LogP contribution in [-0.4, -0.2) is 48.8 Å². The summed E-state index contributed by atoms with van der Waals surface area (Å²) in [5.41, 5.74) is 1.22. The minimum atomic E-state index is -3.07. The molecule has 0 radical (unpaired) electrons. The maximum absolute atomic E-state index is 11.5. The molecule has 1 unspecified atom stereocenters. The number of rotatable bonds is 6. The number of anilines is 1. The van der Waals surface area contributed by atoms with Gasteiger partial charge in [-0.25, -0.2) is 12.7 Å². The Labute approximate surface area is 140 Å². The van der Waals surface area contributed by atoms with Gasteiger partial charge in [-0.05, 0) is 17.9 Å². The molecule has 1 aliphatic rings. The molecular formula is C15H20N4O2S2. The van der Waals surface area contributed by atoms with Crippen LogP contribution in [0.2, 0.25) is 0 Å². The van der Waals surface area contributed by atoms with E-state index in [1.807, 2.05) is 18.2 Å². The molecule has 2 heterocycles. The van der Waals surface area contributed by atoms with Crippen molar-refractivity contribution in [1.82, 2.24) is 14.5 Å². The van der Waals surface area contributed by atoms with Gasteiger partial charge in [-0.15, -0.1) is 10.2 Å². The molecule has 3 rings (SSSR count). The van der Waals surface area contributed by atoms with Gasteiger partial charge in [0.05, 0.1) is 6.26 Å². The summed E-state index contributed by atoms with van der Waals surface area (Å²) in [4.78, 5) is 0. The molecule has 1 fully saturated rings. The second kappa shape index (κ2) is 6.94. The van der Waals surface area contributed by atoms with E-state index in [9.17, 15) is 8.42 Å². The highest BCUT2D eigenvalue weighted by Crippen LogP contribution is 2.22. The van der Waals surface area contributed by atoms with E-state index in [0.717, 1.165) is 29.5 Å². The Morgan fingerprint density at radius 1 is 1.30 bits per heavy atom. The van der Waals surface area contributed by atoms with Crippen molar-refractivity contribution in [3.8, 4) is 0 Å². The third-order valence-corrected chi connectivity index (χ3v) is 6.08. The summed E-state index contributed by atoms with van der Waals surface area (Å²) < 4.78 is 24.6. The van der Waals surface area contributed by atoms with Gasteiger partial charge in [0, 0.05) is 26.1 Å². The Morgan fingerprint density at radius 2 is 2.09 bits per heavy atom. The van der Waals surface area contributed by atoms with Gasteiger partial charge in [0.2, 0.25) is 15.2 Å². The highest BCUT2D eigenvalue weighted by molar-refractivity contribution is 7.88. The fourth-order valence-corrected chi connectivity index (χ4v) is 4.36. The maximum atomic E-state index is 11.5. The Balaban J connectivity index is 1.50. The fourth-order valence-electron chi connectivity index (χ4n) is 2.66. The molecule has 1 aromatic carbocycles. The van der Waals surface area contributed by atoms with Gasteiger partial charge in [0.15, 0.2) is 0 Å². The van der Waals surface area contributed by atoms with Crippen LogP contribution < -0.4 is 5.32 Å². The van der Waals surface area contributed by atoms with E-state index in [2.05, 4.69) is 27.6 Å². The number of sulfonamides is 1. The lowest BCUT2D eigenvalue weighted by Crippen LogP contribution is -2.28. The first-order valence-corrected chi connectivity index (χ1v) is 10.2. The largest absolute Gasteiger partial charge is 0.360 e. The van der Waals surface area contributed by atoms with Gasteiger partial charge in [-0.2, -0.15) is 0 Å². The topological polar surface area (TPSA) is 75.2 Å². The quantitative estimate of drug-likeness (QED) is 0.858. The van der Waals surface area contributed by atoms with Crippen LogP contribution >= 0.6 is 11.3 Å². The third kappa shape index (κ3) is 4.49. The zero-order chi connectivity index (χ0) is 16.3. The van der Waals surface area contributed by atoms with E-state index in [-0.39, 0.29) is 0 Å². The summed E-state index contributed by atoms with van der Waals surface area (Å²) >= 11 is 1.55. The van der Waals surface area contributed by atoms with E-state index >= 15 is 0 Å². The SMILES string of the molecule is CS(=O)(=O)N1CCC(CNc2nnc(Cc3ccccc3)s2)C1. The molecule has 8 heteroatoms. The zero-order valence-electron chi connectivity index (χ0n) is 13.0. The Hall–Kier alpha value is -1.51. The van der Waals surface area contributed by atoms with E-state index < -0.39 is 10.0 Å². The molecule has 1 atom stereocenters. The molecule has 6 nitrogen and oxygen atoms in total. The summed E-state index contributed by atoms with van der Waals surface area (Å²) in [6, 6.07) is 10.2. The van der Waals surface area contributed by atoms with E-state index in [0.29, 0.717) is 19.0 Å². The third-order valence-electron chi connectivity index (χ3n) is 3.92. The first-order valence-electron chi connectivity index (χ1n) is 7.56. The number of hydrogen-bond acceptors (Lipinski definition) is 6. The monoisotopic (exact) mass is 352 g/mol. The van der Waals surface area contributed by atoms with Gasteiger partial charge >= 0.3 is 0 Å². The van der Waals surface area contributed by atoms with Gasteiger partial charge in [0.1, 0.15) is 5.01 Å². The van der Waals surface area contributed by atoms with Crippen molar-refractivity contribution in [1.29, 1.82) is 0 Å². The van der Waals surface area contributed by atoms with Crippen molar-refractivity contribution in [2.75, 3.05) is 31.2 Å². The molecule has 0 spiro atoms. The predicted molar refractivity (Wildman–Crippen MR) is 92.2 cm³/mol. The zero-order valence-corrected chi connectivity index (χ0v) is 14.6. The second-order valence-electron chi connectivity index (χ2n) is 5.82. The average molecular weight is 352 g/mol. The van der Waals surface area contributed by atoms with Crippen LogP contribution in [0.25, 0.3) is 0 Å².